The van der Waals surface area contributed by atoms with Gasteiger partial charge in [-0.2, -0.15) is 0 Å². The van der Waals surface area contributed by atoms with E-state index in [-0.39, 0.29) is 5.56 Å². The van der Waals surface area contributed by atoms with Crippen molar-refractivity contribution in [2.75, 3.05) is 5.32 Å². The number of amides is 1. The molecule has 1 heterocycles. The molecule has 1 aromatic heterocycles. The molecule has 0 bridgehead atoms. The number of aromatic nitrogens is 1. The van der Waals surface area contributed by atoms with Gasteiger partial charge in [0.15, 0.2) is 0 Å². The van der Waals surface area contributed by atoms with Crippen molar-refractivity contribution in [3.05, 3.63) is 36.0 Å². The van der Waals surface area contributed by atoms with E-state index in [4.69, 9.17) is 5.73 Å². The zero-order valence-electron chi connectivity index (χ0n) is 11.2. The number of anilines is 1. The fraction of sp³-hybridized carbons (Fsp3) is 0.214. The highest BCUT2D eigenvalue weighted by atomic mass is 16.4. The van der Waals surface area contributed by atoms with E-state index in [0.29, 0.717) is 16.6 Å². The first-order valence-electron chi connectivity index (χ1n) is 6.02. The topological polar surface area (TPSA) is 105 Å². The maximum Gasteiger partial charge on any atom is 0.339 e. The lowest BCUT2D eigenvalue weighted by Gasteiger charge is -2.25. The van der Waals surface area contributed by atoms with Crippen LogP contribution in [-0.2, 0) is 4.79 Å². The number of primary amides is 1. The monoisotopic (exact) mass is 273 g/mol. The molecule has 6 nitrogen and oxygen atoms in total. The van der Waals surface area contributed by atoms with E-state index in [1.807, 2.05) is 0 Å². The number of carbonyl (C=O) groups is 2. The number of nitrogens with one attached hydrogen (secondary N) is 1. The van der Waals surface area contributed by atoms with Crippen molar-refractivity contribution < 1.29 is 14.7 Å². The minimum atomic E-state index is -1.12. The maximum atomic E-state index is 11.4. The molecule has 2 aromatic rings. The molecule has 0 saturated heterocycles. The average Bonchev–Trinajstić information content (AvgIpc) is 2.38. The van der Waals surface area contributed by atoms with E-state index >= 15 is 0 Å². The van der Waals surface area contributed by atoms with Gasteiger partial charge in [0.2, 0.25) is 5.91 Å². The number of carboxylic acids is 1. The van der Waals surface area contributed by atoms with Crippen LogP contribution in [0, 0.1) is 0 Å². The Kier molecular flexibility index (Phi) is 3.31. The molecule has 0 aliphatic rings. The molecule has 0 fully saturated rings. The van der Waals surface area contributed by atoms with Gasteiger partial charge in [0.05, 0.1) is 11.2 Å². The SMILES string of the molecule is CC(C)(Nc1c(C(=O)O)cnc2ccccc12)C(N)=O. The van der Waals surface area contributed by atoms with Gasteiger partial charge in [-0.15, -0.1) is 0 Å². The number of hydrogen-bond donors (Lipinski definition) is 3. The average molecular weight is 273 g/mol. The normalized spacial score (nSPS) is 11.3. The molecule has 0 atom stereocenters. The van der Waals surface area contributed by atoms with Crippen molar-refractivity contribution >= 4 is 28.5 Å². The predicted molar refractivity (Wildman–Crippen MR) is 75.6 cm³/mol. The van der Waals surface area contributed by atoms with Gasteiger partial charge in [0, 0.05) is 11.6 Å². The zero-order chi connectivity index (χ0) is 14.9. The zero-order valence-corrected chi connectivity index (χ0v) is 11.2. The first-order valence-corrected chi connectivity index (χ1v) is 6.02. The van der Waals surface area contributed by atoms with Gasteiger partial charge in [-0.1, -0.05) is 18.2 Å². The fourth-order valence-electron chi connectivity index (χ4n) is 1.81. The molecule has 0 aliphatic carbocycles. The van der Waals surface area contributed by atoms with E-state index in [1.165, 1.54) is 6.20 Å². The molecule has 1 amide bonds. The third kappa shape index (κ3) is 2.40. The number of aromatic carboxylic acids is 1. The van der Waals surface area contributed by atoms with Crippen molar-refractivity contribution in [3.8, 4) is 0 Å². The summed E-state index contributed by atoms with van der Waals surface area (Å²) in [5.41, 5.74) is 5.23. The van der Waals surface area contributed by atoms with Crippen molar-refractivity contribution in [1.29, 1.82) is 0 Å². The summed E-state index contributed by atoms with van der Waals surface area (Å²) in [6.45, 7) is 3.19. The third-order valence-electron chi connectivity index (χ3n) is 3.06. The van der Waals surface area contributed by atoms with E-state index < -0.39 is 17.4 Å². The van der Waals surface area contributed by atoms with Crippen LogP contribution in [0.25, 0.3) is 10.9 Å². The first kappa shape index (κ1) is 13.8. The van der Waals surface area contributed by atoms with Crippen molar-refractivity contribution in [1.82, 2.24) is 4.98 Å². The summed E-state index contributed by atoms with van der Waals surface area (Å²) in [6.07, 6.45) is 1.27. The summed E-state index contributed by atoms with van der Waals surface area (Å²) in [7, 11) is 0. The lowest BCUT2D eigenvalue weighted by molar-refractivity contribution is -0.121. The Balaban J connectivity index is 2.67. The molecule has 0 saturated carbocycles. The Morgan fingerprint density at radius 2 is 1.95 bits per heavy atom. The number of hydrogen-bond acceptors (Lipinski definition) is 4. The molecule has 0 aliphatic heterocycles. The second-order valence-electron chi connectivity index (χ2n) is 4.98. The van der Waals surface area contributed by atoms with Crippen LogP contribution in [0.15, 0.2) is 30.5 Å². The molecule has 0 radical (unpaired) electrons. The number of carbonyl (C=O) groups excluding carboxylic acids is 1. The van der Waals surface area contributed by atoms with Gasteiger partial charge in [-0.3, -0.25) is 9.78 Å². The second-order valence-corrected chi connectivity index (χ2v) is 4.98. The number of pyridine rings is 1. The fourth-order valence-corrected chi connectivity index (χ4v) is 1.81. The molecule has 4 N–H and O–H groups in total. The molecule has 0 unspecified atom stereocenters. The van der Waals surface area contributed by atoms with E-state index in [1.54, 1.807) is 38.1 Å². The molecule has 104 valence electrons. The van der Waals surface area contributed by atoms with E-state index in [2.05, 4.69) is 10.3 Å². The highest BCUT2D eigenvalue weighted by Crippen LogP contribution is 2.28. The van der Waals surface area contributed by atoms with Crippen LogP contribution in [0.4, 0.5) is 5.69 Å². The van der Waals surface area contributed by atoms with E-state index in [0.717, 1.165) is 0 Å². The molecule has 6 heteroatoms. The van der Waals surface area contributed by atoms with Gasteiger partial charge in [0.25, 0.3) is 0 Å². The summed E-state index contributed by atoms with van der Waals surface area (Å²) < 4.78 is 0. The number of nitrogens with zero attached hydrogens (tertiary/aromatic N) is 1. The molecule has 0 spiro atoms. The molecular formula is C14H15N3O3. The lowest BCUT2D eigenvalue weighted by Crippen LogP contribution is -2.45. The third-order valence-corrected chi connectivity index (χ3v) is 3.06. The Labute approximate surface area is 115 Å². The van der Waals surface area contributed by atoms with Crippen LogP contribution in [0.2, 0.25) is 0 Å². The number of benzene rings is 1. The van der Waals surface area contributed by atoms with Gasteiger partial charge in [0.1, 0.15) is 11.1 Å². The minimum Gasteiger partial charge on any atom is -0.478 e. The van der Waals surface area contributed by atoms with Gasteiger partial charge < -0.3 is 16.2 Å². The summed E-state index contributed by atoms with van der Waals surface area (Å²) in [5.74, 6) is -1.69. The number of rotatable bonds is 4. The number of nitrogens with two attached hydrogens (primary N) is 1. The largest absolute Gasteiger partial charge is 0.478 e. The van der Waals surface area contributed by atoms with Crippen LogP contribution in [0.3, 0.4) is 0 Å². The highest BCUT2D eigenvalue weighted by Gasteiger charge is 2.27. The van der Waals surface area contributed by atoms with Gasteiger partial charge in [-0.05, 0) is 19.9 Å². The number of carboxylic acid groups (broad SMARTS) is 1. The first-order chi connectivity index (χ1) is 9.33. The maximum absolute atomic E-state index is 11.4. The van der Waals surface area contributed by atoms with Crippen molar-refractivity contribution in [2.45, 2.75) is 19.4 Å². The van der Waals surface area contributed by atoms with Crippen LogP contribution < -0.4 is 11.1 Å². The Morgan fingerprint density at radius 1 is 1.30 bits per heavy atom. The Bertz CT molecular complexity index is 695. The van der Waals surface area contributed by atoms with Gasteiger partial charge in [-0.25, -0.2) is 4.79 Å². The second kappa shape index (κ2) is 4.80. The Morgan fingerprint density at radius 3 is 2.55 bits per heavy atom. The van der Waals surface area contributed by atoms with E-state index in [9.17, 15) is 14.7 Å². The van der Waals surface area contributed by atoms with Crippen molar-refractivity contribution in [3.63, 3.8) is 0 Å². The molecule has 20 heavy (non-hydrogen) atoms. The summed E-state index contributed by atoms with van der Waals surface area (Å²) in [5, 5.41) is 12.8. The highest BCUT2D eigenvalue weighted by molar-refractivity contribution is 6.05. The molecular weight excluding hydrogens is 258 g/mol. The molecule has 1 aromatic carbocycles. The van der Waals surface area contributed by atoms with Crippen LogP contribution in [-0.4, -0.2) is 27.5 Å². The van der Waals surface area contributed by atoms with Crippen LogP contribution in [0.5, 0.6) is 0 Å². The number of fused-ring (bicyclic) bond motifs is 1. The number of para-hydroxylation sites is 1. The summed E-state index contributed by atoms with van der Waals surface area (Å²) in [4.78, 5) is 26.9. The smallest absolute Gasteiger partial charge is 0.339 e. The summed E-state index contributed by atoms with van der Waals surface area (Å²) >= 11 is 0. The van der Waals surface area contributed by atoms with Crippen LogP contribution >= 0.6 is 0 Å². The van der Waals surface area contributed by atoms with Gasteiger partial charge >= 0.3 is 5.97 Å². The predicted octanol–water partition coefficient (Wildman–Crippen LogP) is 1.61. The molecule has 2 rings (SSSR count). The summed E-state index contributed by atoms with van der Waals surface area (Å²) in [6, 6.07) is 7.09. The lowest BCUT2D eigenvalue weighted by atomic mass is 10.0. The standard InChI is InChI=1S/C14H15N3O3/c1-14(2,13(15)20)17-11-8-5-3-4-6-10(8)16-7-9(11)12(18)19/h3-7H,1-2H3,(H2,15,20)(H,16,17)(H,18,19). The Hall–Kier alpha value is -2.63. The van der Waals surface area contributed by atoms with Crippen LogP contribution in [0.1, 0.15) is 24.2 Å². The van der Waals surface area contributed by atoms with Crippen molar-refractivity contribution in [2.24, 2.45) is 5.73 Å². The minimum absolute atomic E-state index is 0.00183. The quantitative estimate of drug-likeness (QED) is 0.784.